The third kappa shape index (κ3) is 5.51. The van der Waals surface area contributed by atoms with Crippen LogP contribution in [0.3, 0.4) is 0 Å². The number of Topliss-reactive ketones (excluding diaryl/α,β-unsaturated/α-hetero) is 1. The smallest absolute Gasteiger partial charge is 0.310 e. The summed E-state index contributed by atoms with van der Waals surface area (Å²) in [7, 11) is 0. The SMILES string of the molecule is CC(=N)[C@H](C#N)C(=O)COC(=O)Cc1ccc(OCc2c(C)noc2C)cc1. The second-order valence-electron chi connectivity index (χ2n) is 6.28. The van der Waals surface area contributed by atoms with Gasteiger partial charge in [-0.2, -0.15) is 5.26 Å². The van der Waals surface area contributed by atoms with Crippen molar-refractivity contribution in [2.24, 2.45) is 5.92 Å². The number of nitrogens with one attached hydrogen (secondary N) is 1. The summed E-state index contributed by atoms with van der Waals surface area (Å²) in [6.07, 6.45) is -0.0157. The van der Waals surface area contributed by atoms with Crippen LogP contribution in [0.2, 0.25) is 0 Å². The first-order chi connectivity index (χ1) is 13.3. The molecule has 2 aromatic rings. The van der Waals surface area contributed by atoms with E-state index >= 15 is 0 Å². The number of aromatic nitrogens is 1. The van der Waals surface area contributed by atoms with Crippen LogP contribution in [0.4, 0.5) is 0 Å². The minimum Gasteiger partial charge on any atom is -0.489 e. The Kier molecular flexibility index (Phi) is 7.04. The quantitative estimate of drug-likeness (QED) is 0.521. The van der Waals surface area contributed by atoms with Crippen LogP contribution in [-0.4, -0.2) is 29.2 Å². The van der Waals surface area contributed by atoms with Crippen LogP contribution in [0.25, 0.3) is 0 Å². The Morgan fingerprint density at radius 1 is 1.29 bits per heavy atom. The van der Waals surface area contributed by atoms with Gasteiger partial charge in [0, 0.05) is 5.71 Å². The zero-order chi connectivity index (χ0) is 20.7. The number of nitrogens with zero attached hydrogens (tertiary/aromatic N) is 2. The fourth-order valence-electron chi connectivity index (χ4n) is 2.43. The molecule has 2 rings (SSSR count). The van der Waals surface area contributed by atoms with Gasteiger partial charge in [0.15, 0.2) is 12.4 Å². The number of carbonyl (C=O) groups is 2. The third-order valence-corrected chi connectivity index (χ3v) is 4.10. The fourth-order valence-corrected chi connectivity index (χ4v) is 2.43. The first-order valence-corrected chi connectivity index (χ1v) is 8.58. The van der Waals surface area contributed by atoms with E-state index < -0.39 is 24.3 Å². The zero-order valence-corrected chi connectivity index (χ0v) is 15.9. The normalized spacial score (nSPS) is 11.4. The number of ketones is 1. The first-order valence-electron chi connectivity index (χ1n) is 8.58. The van der Waals surface area contributed by atoms with E-state index in [1.807, 2.05) is 13.8 Å². The number of carbonyl (C=O) groups excluding carboxylic acids is 2. The number of aryl methyl sites for hydroxylation is 2. The lowest BCUT2D eigenvalue weighted by atomic mass is 10.0. The highest BCUT2D eigenvalue weighted by molar-refractivity contribution is 6.06. The van der Waals surface area contributed by atoms with E-state index in [4.69, 9.17) is 24.7 Å². The van der Waals surface area contributed by atoms with Gasteiger partial charge >= 0.3 is 5.97 Å². The second-order valence-corrected chi connectivity index (χ2v) is 6.28. The maximum atomic E-state index is 11.9. The predicted octanol–water partition coefficient (Wildman–Crippen LogP) is 2.70. The Morgan fingerprint density at radius 2 is 1.96 bits per heavy atom. The average Bonchev–Trinajstić information content (AvgIpc) is 2.97. The molecule has 0 bridgehead atoms. The highest BCUT2D eigenvalue weighted by Crippen LogP contribution is 2.18. The van der Waals surface area contributed by atoms with Crippen molar-refractivity contribution >= 4 is 17.5 Å². The Morgan fingerprint density at radius 3 is 2.50 bits per heavy atom. The largest absolute Gasteiger partial charge is 0.489 e. The molecule has 8 heteroatoms. The van der Waals surface area contributed by atoms with Crippen molar-refractivity contribution in [3.8, 4) is 11.8 Å². The maximum Gasteiger partial charge on any atom is 0.310 e. The maximum absolute atomic E-state index is 11.9. The van der Waals surface area contributed by atoms with E-state index in [9.17, 15) is 9.59 Å². The molecule has 1 heterocycles. The number of hydrogen-bond donors (Lipinski definition) is 1. The lowest BCUT2D eigenvalue weighted by molar-refractivity contribution is -0.147. The molecule has 0 spiro atoms. The molecule has 0 aliphatic carbocycles. The molecular weight excluding hydrogens is 362 g/mol. The summed E-state index contributed by atoms with van der Waals surface area (Å²) >= 11 is 0. The molecular formula is C20H21N3O5. The number of rotatable bonds is 9. The Labute approximate surface area is 162 Å². The molecule has 28 heavy (non-hydrogen) atoms. The molecule has 1 N–H and O–H groups in total. The molecule has 1 aromatic heterocycles. The Bertz CT molecular complexity index is 889. The highest BCUT2D eigenvalue weighted by atomic mass is 16.5. The van der Waals surface area contributed by atoms with Crippen molar-refractivity contribution < 1.29 is 23.6 Å². The van der Waals surface area contributed by atoms with Gasteiger partial charge in [-0.05, 0) is 38.5 Å². The van der Waals surface area contributed by atoms with E-state index in [2.05, 4.69) is 5.16 Å². The summed E-state index contributed by atoms with van der Waals surface area (Å²) in [5.74, 6) is -1.03. The molecule has 1 aromatic carbocycles. The summed E-state index contributed by atoms with van der Waals surface area (Å²) in [5, 5.41) is 20.1. The molecule has 146 valence electrons. The van der Waals surface area contributed by atoms with Crippen LogP contribution in [0, 0.1) is 36.5 Å². The van der Waals surface area contributed by atoms with E-state index in [1.54, 1.807) is 30.3 Å². The zero-order valence-electron chi connectivity index (χ0n) is 15.9. The number of hydrogen-bond acceptors (Lipinski definition) is 8. The van der Waals surface area contributed by atoms with Gasteiger partial charge in [-0.25, -0.2) is 0 Å². The van der Waals surface area contributed by atoms with E-state index in [1.165, 1.54) is 6.92 Å². The number of benzene rings is 1. The predicted molar refractivity (Wildman–Crippen MR) is 98.9 cm³/mol. The summed E-state index contributed by atoms with van der Waals surface area (Å²) in [6, 6.07) is 8.64. The van der Waals surface area contributed by atoms with E-state index in [0.29, 0.717) is 23.7 Å². The van der Waals surface area contributed by atoms with Gasteiger partial charge in [-0.3, -0.25) is 9.59 Å². The molecule has 0 aliphatic rings. The number of esters is 1. The second kappa shape index (κ2) is 9.46. The van der Waals surface area contributed by atoms with Crippen molar-refractivity contribution in [1.29, 1.82) is 10.7 Å². The molecule has 0 amide bonds. The van der Waals surface area contributed by atoms with Crippen LogP contribution < -0.4 is 4.74 Å². The lowest BCUT2D eigenvalue weighted by Crippen LogP contribution is -2.26. The summed E-state index contributed by atoms with van der Waals surface area (Å²) in [6.45, 7) is 4.84. The fraction of sp³-hybridized carbons (Fsp3) is 0.350. The minimum absolute atomic E-state index is 0.0157. The monoisotopic (exact) mass is 383 g/mol. The third-order valence-electron chi connectivity index (χ3n) is 4.10. The van der Waals surface area contributed by atoms with Gasteiger partial charge in [0.2, 0.25) is 0 Å². The average molecular weight is 383 g/mol. The van der Waals surface area contributed by atoms with Crippen LogP contribution in [0.5, 0.6) is 5.75 Å². The molecule has 0 aliphatic heterocycles. The molecule has 1 atom stereocenters. The van der Waals surface area contributed by atoms with Crippen molar-refractivity contribution in [1.82, 2.24) is 5.16 Å². The molecule has 0 saturated heterocycles. The minimum atomic E-state index is -1.18. The van der Waals surface area contributed by atoms with Crippen molar-refractivity contribution in [2.45, 2.75) is 33.8 Å². The van der Waals surface area contributed by atoms with Crippen LogP contribution in [0.15, 0.2) is 28.8 Å². The standard InChI is InChI=1S/C20H21N3O5/c1-12(22)17(9-21)19(24)11-27-20(25)8-15-4-6-16(7-5-15)26-10-18-13(2)23-28-14(18)3/h4-7,17,22H,8,10-11H2,1-3H3/t17-/m0/s1. The van der Waals surface area contributed by atoms with Gasteiger partial charge in [0.1, 0.15) is 24.0 Å². The topological polar surface area (TPSA) is 126 Å². The Balaban J connectivity index is 1.83. The van der Waals surface area contributed by atoms with Crippen LogP contribution in [-0.2, 0) is 27.4 Å². The number of ether oxygens (including phenoxy) is 2. The van der Waals surface area contributed by atoms with E-state index in [0.717, 1.165) is 11.3 Å². The lowest BCUT2D eigenvalue weighted by Gasteiger charge is -2.09. The Hall–Kier alpha value is -3.47. The van der Waals surface area contributed by atoms with Gasteiger partial charge in [-0.1, -0.05) is 17.3 Å². The molecule has 0 radical (unpaired) electrons. The highest BCUT2D eigenvalue weighted by Gasteiger charge is 2.21. The van der Waals surface area contributed by atoms with Crippen LogP contribution >= 0.6 is 0 Å². The van der Waals surface area contributed by atoms with Gasteiger partial charge in [0.25, 0.3) is 0 Å². The summed E-state index contributed by atoms with van der Waals surface area (Å²) in [5.41, 5.74) is 2.30. The van der Waals surface area contributed by atoms with Gasteiger partial charge < -0.3 is 19.4 Å². The van der Waals surface area contributed by atoms with E-state index in [-0.39, 0.29) is 12.1 Å². The van der Waals surface area contributed by atoms with Gasteiger partial charge in [-0.15, -0.1) is 0 Å². The van der Waals surface area contributed by atoms with Crippen molar-refractivity contribution in [3.05, 3.63) is 46.8 Å². The molecule has 0 fully saturated rings. The summed E-state index contributed by atoms with van der Waals surface area (Å²) in [4.78, 5) is 23.6. The van der Waals surface area contributed by atoms with Crippen molar-refractivity contribution in [2.75, 3.05) is 6.61 Å². The molecule has 0 unspecified atom stereocenters. The molecule has 0 saturated carbocycles. The summed E-state index contributed by atoms with van der Waals surface area (Å²) < 4.78 is 15.7. The first kappa shape index (κ1) is 20.8. The molecule has 8 nitrogen and oxygen atoms in total. The van der Waals surface area contributed by atoms with Crippen molar-refractivity contribution in [3.63, 3.8) is 0 Å². The number of nitriles is 1. The van der Waals surface area contributed by atoms with Crippen LogP contribution in [0.1, 0.15) is 29.5 Å². The van der Waals surface area contributed by atoms with Gasteiger partial charge in [0.05, 0.1) is 23.7 Å².